The van der Waals surface area contributed by atoms with Gasteiger partial charge in [-0.3, -0.25) is 0 Å². The Morgan fingerprint density at radius 2 is 1.10 bits per heavy atom. The van der Waals surface area contributed by atoms with E-state index in [-0.39, 0.29) is 0 Å². The summed E-state index contributed by atoms with van der Waals surface area (Å²) in [6.07, 6.45) is 9.02. The van der Waals surface area contributed by atoms with Crippen molar-refractivity contribution in [2.45, 2.75) is 44.9 Å². The molecule has 4 aromatic rings. The number of benzene rings is 3. The second-order valence-electron chi connectivity index (χ2n) is 7.80. The average molecular weight is 383 g/mol. The van der Waals surface area contributed by atoms with E-state index in [0.29, 0.717) is 0 Å². The van der Waals surface area contributed by atoms with Gasteiger partial charge in [0.15, 0.2) is 0 Å². The molecule has 29 heavy (non-hydrogen) atoms. The van der Waals surface area contributed by atoms with E-state index in [0.717, 1.165) is 17.6 Å². The highest BCUT2D eigenvalue weighted by atomic mass is 14.9. The van der Waals surface area contributed by atoms with Gasteiger partial charge >= 0.3 is 0 Å². The first kappa shape index (κ1) is 19.4. The maximum Gasteiger partial charge on any atom is 0.0730 e. The molecule has 0 saturated carbocycles. The zero-order valence-electron chi connectivity index (χ0n) is 17.1. The maximum absolute atomic E-state index is 4.81. The number of fused-ring (bicyclic) bond motifs is 2. The number of hydrogen-bond acceptors (Lipinski definition) is 2. The van der Waals surface area contributed by atoms with E-state index in [1.165, 1.54) is 67.0 Å². The molecule has 2 heteroatoms. The van der Waals surface area contributed by atoms with Gasteiger partial charge in [0.2, 0.25) is 0 Å². The third kappa shape index (κ3) is 5.14. The van der Waals surface area contributed by atoms with E-state index in [4.69, 9.17) is 4.98 Å². The predicted octanol–water partition coefficient (Wildman–Crippen LogP) is 7.38. The Labute approximate surface area is 174 Å². The Morgan fingerprint density at radius 3 is 1.79 bits per heavy atom. The molecule has 0 aliphatic heterocycles. The molecule has 1 N–H and O–H groups in total. The summed E-state index contributed by atoms with van der Waals surface area (Å²) < 4.78 is 0. The summed E-state index contributed by atoms with van der Waals surface area (Å²) in [5, 5.41) is 6.14. The second-order valence-corrected chi connectivity index (χ2v) is 7.80. The van der Waals surface area contributed by atoms with Crippen molar-refractivity contribution in [3.63, 3.8) is 0 Å². The number of anilines is 1. The molecule has 0 fully saturated rings. The van der Waals surface area contributed by atoms with Crippen LogP contribution in [0.5, 0.6) is 0 Å². The van der Waals surface area contributed by atoms with E-state index < -0.39 is 0 Å². The highest BCUT2D eigenvalue weighted by molar-refractivity contribution is 6.07. The molecule has 4 rings (SSSR count). The van der Waals surface area contributed by atoms with Crippen molar-refractivity contribution in [3.05, 3.63) is 84.4 Å². The molecule has 0 spiro atoms. The molecule has 3 aromatic carbocycles. The normalized spacial score (nSPS) is 11.2. The van der Waals surface area contributed by atoms with Gasteiger partial charge in [0.1, 0.15) is 0 Å². The minimum atomic E-state index is 1.02. The van der Waals surface area contributed by atoms with Gasteiger partial charge in [0, 0.05) is 17.3 Å². The largest absolute Gasteiger partial charge is 0.384 e. The molecule has 0 atom stereocenters. The standard InChI is InChI=1S/C27H30N2/c1(3-6-14-22-15-7-5-8-16-22)2-4-13-21-28-27-23-17-9-11-19-25(23)29-26-20-12-10-18-24(26)27/h5,7-12,15-20H,1-4,6,13-14,21H2,(H,28,29). The maximum atomic E-state index is 4.81. The van der Waals surface area contributed by atoms with Crippen LogP contribution in [0.15, 0.2) is 78.9 Å². The fraction of sp³-hybridized carbons (Fsp3) is 0.296. The lowest BCUT2D eigenvalue weighted by molar-refractivity contribution is 0.601. The van der Waals surface area contributed by atoms with Gasteiger partial charge in [0.05, 0.1) is 16.7 Å². The number of aryl methyl sites for hydroxylation is 1. The molecule has 0 bridgehead atoms. The third-order valence-corrected chi connectivity index (χ3v) is 5.62. The van der Waals surface area contributed by atoms with E-state index in [9.17, 15) is 0 Å². The number of pyridine rings is 1. The Hall–Kier alpha value is -2.87. The van der Waals surface area contributed by atoms with Crippen molar-refractivity contribution in [3.8, 4) is 0 Å². The number of nitrogens with one attached hydrogen (secondary N) is 1. The van der Waals surface area contributed by atoms with Gasteiger partial charge in [-0.2, -0.15) is 0 Å². The monoisotopic (exact) mass is 382 g/mol. The van der Waals surface area contributed by atoms with Crippen molar-refractivity contribution in [2.75, 3.05) is 11.9 Å². The van der Waals surface area contributed by atoms with Crippen LogP contribution in [0.3, 0.4) is 0 Å². The lowest BCUT2D eigenvalue weighted by atomic mass is 10.0. The molecule has 0 amide bonds. The predicted molar refractivity (Wildman–Crippen MR) is 126 cm³/mol. The molecule has 148 valence electrons. The summed E-state index contributed by atoms with van der Waals surface area (Å²) >= 11 is 0. The zero-order valence-corrected chi connectivity index (χ0v) is 17.1. The Bertz CT molecular complexity index is 986. The number of unbranched alkanes of at least 4 members (excludes halogenated alkanes) is 5. The van der Waals surface area contributed by atoms with Crippen LogP contribution in [0, 0.1) is 0 Å². The summed E-state index contributed by atoms with van der Waals surface area (Å²) in [7, 11) is 0. The van der Waals surface area contributed by atoms with Crippen LogP contribution in [0.1, 0.15) is 44.1 Å². The lowest BCUT2D eigenvalue weighted by Crippen LogP contribution is -2.03. The molecule has 0 aliphatic carbocycles. The first-order valence-electron chi connectivity index (χ1n) is 11.0. The second kappa shape index (κ2) is 10.1. The Morgan fingerprint density at radius 1 is 0.552 bits per heavy atom. The van der Waals surface area contributed by atoms with Gasteiger partial charge in [-0.1, -0.05) is 92.4 Å². The third-order valence-electron chi connectivity index (χ3n) is 5.62. The van der Waals surface area contributed by atoms with Crippen LogP contribution in [-0.4, -0.2) is 11.5 Å². The van der Waals surface area contributed by atoms with E-state index in [1.54, 1.807) is 0 Å². The molecule has 2 nitrogen and oxygen atoms in total. The van der Waals surface area contributed by atoms with Crippen LogP contribution < -0.4 is 5.32 Å². The summed E-state index contributed by atoms with van der Waals surface area (Å²) in [6, 6.07) is 27.7. The minimum absolute atomic E-state index is 1.02. The number of rotatable bonds is 10. The van der Waals surface area contributed by atoms with E-state index in [1.807, 2.05) is 0 Å². The van der Waals surface area contributed by atoms with Crippen LogP contribution in [0.2, 0.25) is 0 Å². The highest BCUT2D eigenvalue weighted by Gasteiger charge is 2.07. The van der Waals surface area contributed by atoms with Gasteiger partial charge < -0.3 is 5.32 Å². The number of hydrogen-bond donors (Lipinski definition) is 1. The van der Waals surface area contributed by atoms with Crippen molar-refractivity contribution < 1.29 is 0 Å². The van der Waals surface area contributed by atoms with Crippen LogP contribution in [0.4, 0.5) is 5.69 Å². The van der Waals surface area contributed by atoms with Gasteiger partial charge in [-0.05, 0) is 37.0 Å². The molecule has 1 aromatic heterocycles. The summed E-state index contributed by atoms with van der Waals surface area (Å²) in [5.41, 5.74) is 4.82. The number of para-hydroxylation sites is 2. The van der Waals surface area contributed by atoms with E-state index in [2.05, 4.69) is 84.2 Å². The fourth-order valence-corrected chi connectivity index (χ4v) is 4.05. The summed E-state index contributed by atoms with van der Waals surface area (Å²) in [5.74, 6) is 0. The molecule has 0 aliphatic rings. The smallest absolute Gasteiger partial charge is 0.0730 e. The number of aromatic nitrogens is 1. The van der Waals surface area contributed by atoms with Crippen LogP contribution >= 0.6 is 0 Å². The molecule has 0 unspecified atom stereocenters. The summed E-state index contributed by atoms with van der Waals surface area (Å²) in [6.45, 7) is 1.02. The molecule has 1 heterocycles. The minimum Gasteiger partial charge on any atom is -0.384 e. The zero-order chi connectivity index (χ0) is 19.7. The van der Waals surface area contributed by atoms with Gasteiger partial charge in [-0.15, -0.1) is 0 Å². The lowest BCUT2D eigenvalue weighted by Gasteiger charge is -2.13. The Kier molecular flexibility index (Phi) is 6.75. The first-order valence-corrected chi connectivity index (χ1v) is 11.0. The van der Waals surface area contributed by atoms with Crippen LogP contribution in [-0.2, 0) is 6.42 Å². The van der Waals surface area contributed by atoms with E-state index >= 15 is 0 Å². The molecule has 0 saturated heterocycles. The molecular weight excluding hydrogens is 352 g/mol. The van der Waals surface area contributed by atoms with Gasteiger partial charge in [-0.25, -0.2) is 4.98 Å². The average Bonchev–Trinajstić information content (AvgIpc) is 2.78. The topological polar surface area (TPSA) is 24.9 Å². The van der Waals surface area contributed by atoms with Crippen molar-refractivity contribution in [1.82, 2.24) is 4.98 Å². The summed E-state index contributed by atoms with van der Waals surface area (Å²) in [4.78, 5) is 4.81. The highest BCUT2D eigenvalue weighted by Crippen LogP contribution is 2.30. The molecule has 0 radical (unpaired) electrons. The quantitative estimate of drug-likeness (QED) is 0.228. The van der Waals surface area contributed by atoms with Crippen molar-refractivity contribution in [1.29, 1.82) is 0 Å². The Balaban J connectivity index is 1.23. The van der Waals surface area contributed by atoms with Crippen LogP contribution in [0.25, 0.3) is 21.8 Å². The fourth-order valence-electron chi connectivity index (χ4n) is 4.05. The van der Waals surface area contributed by atoms with Crippen molar-refractivity contribution in [2.24, 2.45) is 0 Å². The molecular formula is C27H30N2. The van der Waals surface area contributed by atoms with Crippen molar-refractivity contribution >= 4 is 27.5 Å². The SMILES string of the molecule is c1ccc(CCCCCCCCNc2c3ccccc3nc3ccccc23)cc1. The van der Waals surface area contributed by atoms with Gasteiger partial charge in [0.25, 0.3) is 0 Å². The number of nitrogens with zero attached hydrogens (tertiary/aromatic N) is 1. The first-order chi connectivity index (χ1) is 14.4.